The van der Waals surface area contributed by atoms with Crippen molar-refractivity contribution in [1.29, 1.82) is 0 Å². The van der Waals surface area contributed by atoms with Gasteiger partial charge in [0.05, 0.1) is 5.69 Å². The zero-order valence-electron chi connectivity index (χ0n) is 21.5. The molecule has 0 radical (unpaired) electrons. The summed E-state index contributed by atoms with van der Waals surface area (Å²) in [6, 6.07) is 35.9. The zero-order valence-corrected chi connectivity index (χ0v) is 22.3. The van der Waals surface area contributed by atoms with E-state index in [9.17, 15) is 14.4 Å². The summed E-state index contributed by atoms with van der Waals surface area (Å²) in [5.41, 5.74) is 1.94. The molecule has 0 atom stereocenters. The van der Waals surface area contributed by atoms with Crippen LogP contribution in [-0.4, -0.2) is 17.7 Å². The summed E-state index contributed by atoms with van der Waals surface area (Å²) in [5.74, 6) is -0.275. The molecule has 1 heterocycles. The van der Waals surface area contributed by atoms with E-state index >= 15 is 0 Å². The van der Waals surface area contributed by atoms with Crippen molar-refractivity contribution in [2.24, 2.45) is 0 Å². The van der Waals surface area contributed by atoms with Gasteiger partial charge in [-0.1, -0.05) is 66.2 Å². The molecular weight excluding hydrogens is 538 g/mol. The molecule has 3 amide bonds. The van der Waals surface area contributed by atoms with Gasteiger partial charge in [0.15, 0.2) is 0 Å². The molecule has 2 N–H and O–H groups in total. The minimum atomic E-state index is -0.637. The first-order valence-electron chi connectivity index (χ1n) is 12.8. The van der Waals surface area contributed by atoms with Gasteiger partial charge in [-0.2, -0.15) is 0 Å². The minimum absolute atomic E-state index is 0.0470. The van der Waals surface area contributed by atoms with E-state index in [1.54, 1.807) is 48.5 Å². The number of imide groups is 1. The predicted octanol–water partition coefficient (Wildman–Crippen LogP) is 7.32. The third kappa shape index (κ3) is 5.26. The first-order chi connectivity index (χ1) is 20.0. The Bertz CT molecular complexity index is 1810. The average Bonchev–Trinajstić information content (AvgIpc) is 3.21. The lowest BCUT2D eigenvalue weighted by Crippen LogP contribution is -2.32. The molecule has 6 rings (SSSR count). The van der Waals surface area contributed by atoms with Crippen LogP contribution in [-0.2, 0) is 9.59 Å². The van der Waals surface area contributed by atoms with Gasteiger partial charge in [0.25, 0.3) is 17.7 Å². The Kier molecular flexibility index (Phi) is 6.93. The summed E-state index contributed by atoms with van der Waals surface area (Å²) >= 11 is 6.29. The fourth-order valence-corrected chi connectivity index (χ4v) is 4.72. The molecule has 0 spiro atoms. The highest BCUT2D eigenvalue weighted by molar-refractivity contribution is 6.53. The van der Waals surface area contributed by atoms with Crippen molar-refractivity contribution in [2.75, 3.05) is 15.5 Å². The number of nitrogens with one attached hydrogen (secondary N) is 2. The molecule has 5 aromatic carbocycles. The van der Waals surface area contributed by atoms with Crippen LogP contribution < -0.4 is 20.3 Å². The maximum atomic E-state index is 13.2. The number of benzene rings is 5. The van der Waals surface area contributed by atoms with Crippen molar-refractivity contribution in [3.8, 4) is 11.5 Å². The second-order valence-corrected chi connectivity index (χ2v) is 9.60. The van der Waals surface area contributed by atoms with Crippen molar-refractivity contribution in [1.82, 2.24) is 0 Å². The minimum Gasteiger partial charge on any atom is -0.457 e. The molecule has 0 bridgehead atoms. The number of amides is 3. The van der Waals surface area contributed by atoms with E-state index in [1.165, 1.54) is 0 Å². The van der Waals surface area contributed by atoms with Gasteiger partial charge in [-0.05, 0) is 72.1 Å². The molecular formula is C33H22ClN3O4. The van der Waals surface area contributed by atoms with Gasteiger partial charge in [0.2, 0.25) is 0 Å². The summed E-state index contributed by atoms with van der Waals surface area (Å²) in [7, 11) is 0. The quantitative estimate of drug-likeness (QED) is 0.204. The molecule has 0 saturated carbocycles. The van der Waals surface area contributed by atoms with Crippen molar-refractivity contribution >= 4 is 57.2 Å². The van der Waals surface area contributed by atoms with Gasteiger partial charge in [0, 0.05) is 22.3 Å². The summed E-state index contributed by atoms with van der Waals surface area (Å²) in [6.07, 6.45) is 0. The Balaban J connectivity index is 1.13. The Morgan fingerprint density at radius 2 is 1.34 bits per heavy atom. The standard InChI is InChI=1S/C33H22ClN3O4/c34-29-30(33(40)37(32(29)39)24-17-19-26(20-18-24)41-25-9-2-1-3-10-25)35-23-15-13-22(14-16-23)31(38)36-28-12-6-8-21-7-4-5-11-27(21)28/h1-20,35H,(H,36,38). The normalized spacial score (nSPS) is 13.0. The molecule has 1 aliphatic rings. The predicted molar refractivity (Wildman–Crippen MR) is 160 cm³/mol. The topological polar surface area (TPSA) is 87.7 Å². The van der Waals surface area contributed by atoms with Crippen LogP contribution in [0.2, 0.25) is 0 Å². The lowest BCUT2D eigenvalue weighted by Gasteiger charge is -2.16. The van der Waals surface area contributed by atoms with Gasteiger partial charge < -0.3 is 15.4 Å². The molecule has 0 fully saturated rings. The van der Waals surface area contributed by atoms with Crippen LogP contribution in [0.1, 0.15) is 10.4 Å². The van der Waals surface area contributed by atoms with Crippen LogP contribution >= 0.6 is 11.6 Å². The number of para-hydroxylation sites is 1. The lowest BCUT2D eigenvalue weighted by molar-refractivity contribution is -0.120. The number of halogens is 1. The maximum Gasteiger partial charge on any atom is 0.283 e. The van der Waals surface area contributed by atoms with Crippen LogP contribution in [0.25, 0.3) is 10.8 Å². The average molecular weight is 560 g/mol. The third-order valence-corrected chi connectivity index (χ3v) is 6.91. The van der Waals surface area contributed by atoms with Crippen molar-refractivity contribution < 1.29 is 19.1 Å². The molecule has 0 unspecified atom stereocenters. The number of hydrogen-bond donors (Lipinski definition) is 2. The highest BCUT2D eigenvalue weighted by atomic mass is 35.5. The van der Waals surface area contributed by atoms with Gasteiger partial charge >= 0.3 is 0 Å². The number of anilines is 3. The first-order valence-corrected chi connectivity index (χ1v) is 13.1. The molecule has 0 aliphatic carbocycles. The van der Waals surface area contributed by atoms with Crippen LogP contribution in [0.5, 0.6) is 11.5 Å². The van der Waals surface area contributed by atoms with Gasteiger partial charge in [-0.25, -0.2) is 4.90 Å². The van der Waals surface area contributed by atoms with E-state index in [0.29, 0.717) is 34.1 Å². The van der Waals surface area contributed by atoms with Gasteiger partial charge in [0.1, 0.15) is 22.2 Å². The molecule has 0 saturated heterocycles. The molecule has 7 nitrogen and oxygen atoms in total. The molecule has 8 heteroatoms. The summed E-state index contributed by atoms with van der Waals surface area (Å²) < 4.78 is 5.78. The summed E-state index contributed by atoms with van der Waals surface area (Å²) in [6.45, 7) is 0. The molecule has 200 valence electrons. The first kappa shape index (κ1) is 25.9. The van der Waals surface area contributed by atoms with Gasteiger partial charge in [-0.3, -0.25) is 14.4 Å². The molecule has 41 heavy (non-hydrogen) atoms. The van der Waals surface area contributed by atoms with E-state index in [-0.39, 0.29) is 16.6 Å². The van der Waals surface area contributed by atoms with Crippen LogP contribution in [0.15, 0.2) is 132 Å². The highest BCUT2D eigenvalue weighted by Gasteiger charge is 2.39. The van der Waals surface area contributed by atoms with Gasteiger partial charge in [-0.15, -0.1) is 0 Å². The number of rotatable bonds is 7. The molecule has 5 aromatic rings. The van der Waals surface area contributed by atoms with E-state index in [0.717, 1.165) is 15.7 Å². The third-order valence-electron chi connectivity index (χ3n) is 6.56. The Labute approximate surface area is 240 Å². The smallest absolute Gasteiger partial charge is 0.283 e. The van der Waals surface area contributed by atoms with Crippen molar-refractivity contribution in [3.05, 3.63) is 138 Å². The number of carbonyl (C=O) groups excluding carboxylic acids is 3. The summed E-state index contributed by atoms with van der Waals surface area (Å²) in [5, 5.41) is 7.62. The maximum absolute atomic E-state index is 13.2. The largest absolute Gasteiger partial charge is 0.457 e. The fraction of sp³-hybridized carbons (Fsp3) is 0. The SMILES string of the molecule is O=C(Nc1cccc2ccccc12)c1ccc(NC2=C(Cl)C(=O)N(c3ccc(Oc4ccccc4)cc3)C2=O)cc1. The second-order valence-electron chi connectivity index (χ2n) is 9.23. The number of nitrogens with zero attached hydrogens (tertiary/aromatic N) is 1. The van der Waals surface area contributed by atoms with Crippen molar-refractivity contribution in [2.45, 2.75) is 0 Å². The number of hydrogen-bond acceptors (Lipinski definition) is 5. The molecule has 0 aromatic heterocycles. The Morgan fingerprint density at radius 3 is 2.10 bits per heavy atom. The summed E-state index contributed by atoms with van der Waals surface area (Å²) in [4.78, 5) is 40.0. The fourth-order valence-electron chi connectivity index (χ4n) is 4.51. The Morgan fingerprint density at radius 1 is 0.683 bits per heavy atom. The van der Waals surface area contributed by atoms with Crippen molar-refractivity contribution in [3.63, 3.8) is 0 Å². The lowest BCUT2D eigenvalue weighted by atomic mass is 10.1. The zero-order chi connectivity index (χ0) is 28.3. The Hall–Kier alpha value is -5.40. The number of carbonyl (C=O) groups is 3. The second kappa shape index (κ2) is 11.0. The number of ether oxygens (including phenoxy) is 1. The number of fused-ring (bicyclic) bond motifs is 1. The van der Waals surface area contributed by atoms with E-state index in [2.05, 4.69) is 10.6 Å². The van der Waals surface area contributed by atoms with Crippen LogP contribution in [0.4, 0.5) is 17.1 Å². The highest BCUT2D eigenvalue weighted by Crippen LogP contribution is 2.32. The van der Waals surface area contributed by atoms with E-state index in [1.807, 2.05) is 72.8 Å². The van der Waals surface area contributed by atoms with Crippen LogP contribution in [0.3, 0.4) is 0 Å². The van der Waals surface area contributed by atoms with E-state index < -0.39 is 11.8 Å². The van der Waals surface area contributed by atoms with E-state index in [4.69, 9.17) is 16.3 Å². The van der Waals surface area contributed by atoms with Crippen LogP contribution in [0, 0.1) is 0 Å². The molecule has 1 aliphatic heterocycles. The monoisotopic (exact) mass is 559 g/mol.